The van der Waals surface area contributed by atoms with Gasteiger partial charge in [0.15, 0.2) is 0 Å². The summed E-state index contributed by atoms with van der Waals surface area (Å²) in [6, 6.07) is 36.1. The van der Waals surface area contributed by atoms with E-state index in [1.807, 2.05) is 101 Å². The fourth-order valence-electron chi connectivity index (χ4n) is 7.68. The molecule has 0 unspecified atom stereocenters. The summed E-state index contributed by atoms with van der Waals surface area (Å²) < 4.78 is 0. The van der Waals surface area contributed by atoms with E-state index in [4.69, 9.17) is 23.2 Å². The van der Waals surface area contributed by atoms with Gasteiger partial charge in [-0.2, -0.15) is 10.2 Å². The van der Waals surface area contributed by atoms with Crippen LogP contribution in [0.2, 0.25) is 10.0 Å². The molecule has 4 amide bonds. The molecule has 0 aliphatic carbocycles. The summed E-state index contributed by atoms with van der Waals surface area (Å²) in [4.78, 5) is 58.3. The Bertz CT molecular complexity index is 2670. The molecule has 6 aromatic rings. The number of carbonyl (C=O) groups excluding carboxylic acids is 4. The number of hydrogen-bond donors (Lipinski definition) is 4. The lowest BCUT2D eigenvalue weighted by atomic mass is 9.95. The Hall–Kier alpha value is -6.96. The molecular weight excluding hydrogens is 872 g/mol. The van der Waals surface area contributed by atoms with Crippen molar-refractivity contribution in [2.75, 3.05) is 37.8 Å². The summed E-state index contributed by atoms with van der Waals surface area (Å²) in [7, 11) is 4.07. The zero-order valence-electron chi connectivity index (χ0n) is 37.1. The number of aryl methyl sites for hydroxylation is 2. The molecule has 3 heterocycles. The van der Waals surface area contributed by atoms with Crippen LogP contribution in [0, 0.1) is 13.8 Å². The van der Waals surface area contributed by atoms with Crippen LogP contribution >= 0.6 is 23.2 Å². The molecule has 14 heteroatoms. The second-order valence-corrected chi connectivity index (χ2v) is 17.3. The van der Waals surface area contributed by atoms with Crippen LogP contribution in [0.3, 0.4) is 0 Å². The number of nitrogens with zero attached hydrogens (tertiary/aromatic N) is 4. The predicted molar refractivity (Wildman–Crippen MR) is 264 cm³/mol. The lowest BCUT2D eigenvalue weighted by Crippen LogP contribution is -2.25. The molecule has 336 valence electrons. The van der Waals surface area contributed by atoms with E-state index in [0.29, 0.717) is 52.1 Å². The molecule has 4 N–H and O–H groups in total. The standard InChI is InChI=1S/C52H50Cl2N8O4/c1-33-22-35-12-14-39(33)26-40-15-13-36(23-34(40)2)30-56-60-52(66)46-28-44(54)17-19-48(46)58-50(64)42-11-6-9-38(25-42)32-62(4)21-7-20-61(3)31-37-8-5-10-41(24-37)49(63)57-47-18-16-43(53)27-45(47)51(65)59-55-29-35/h5-6,8-19,22-25,27-30H,7,20-21,26,31-32H2,1-4H3,(H,57,63)(H,58,64)(H,59,65)(H,60,66)/b55-29+,56-30?. The van der Waals surface area contributed by atoms with Gasteiger partial charge in [0.2, 0.25) is 0 Å². The summed E-state index contributed by atoms with van der Waals surface area (Å²) >= 11 is 12.6. The zero-order valence-corrected chi connectivity index (χ0v) is 38.6. The number of halogens is 2. The third-order valence-electron chi connectivity index (χ3n) is 11.2. The minimum absolute atomic E-state index is 0.168. The van der Waals surface area contributed by atoms with Crippen molar-refractivity contribution in [3.63, 3.8) is 0 Å². The van der Waals surface area contributed by atoms with Gasteiger partial charge in [0, 0.05) is 34.3 Å². The summed E-state index contributed by atoms with van der Waals surface area (Å²) in [6.45, 7) is 6.88. The van der Waals surface area contributed by atoms with Crippen molar-refractivity contribution in [1.82, 2.24) is 20.7 Å². The Morgan fingerprint density at radius 1 is 0.515 bits per heavy atom. The van der Waals surface area contributed by atoms with Gasteiger partial charge in [0.25, 0.3) is 23.6 Å². The summed E-state index contributed by atoms with van der Waals surface area (Å²) in [5, 5.41) is 14.9. The molecule has 0 fully saturated rings. The maximum Gasteiger partial charge on any atom is 0.273 e. The van der Waals surface area contributed by atoms with Crippen molar-refractivity contribution in [2.45, 2.75) is 39.8 Å². The van der Waals surface area contributed by atoms with Crippen molar-refractivity contribution >= 4 is 70.6 Å². The van der Waals surface area contributed by atoms with Gasteiger partial charge < -0.3 is 20.4 Å². The Balaban J connectivity index is 1.12. The molecule has 0 atom stereocenters. The highest BCUT2D eigenvalue weighted by atomic mass is 35.5. The highest BCUT2D eigenvalue weighted by molar-refractivity contribution is 6.31. The normalized spacial score (nSPS) is 15.6. The van der Waals surface area contributed by atoms with Crippen LogP contribution in [-0.2, 0) is 19.5 Å². The Labute approximate surface area is 394 Å². The van der Waals surface area contributed by atoms with E-state index < -0.39 is 11.8 Å². The van der Waals surface area contributed by atoms with Crippen molar-refractivity contribution < 1.29 is 19.2 Å². The van der Waals surface area contributed by atoms with Crippen LogP contribution in [0.15, 0.2) is 132 Å². The van der Waals surface area contributed by atoms with Crippen molar-refractivity contribution in [3.8, 4) is 0 Å². The second-order valence-electron chi connectivity index (χ2n) is 16.5. The van der Waals surface area contributed by atoms with Crippen molar-refractivity contribution in [1.29, 1.82) is 0 Å². The highest BCUT2D eigenvalue weighted by Crippen LogP contribution is 2.25. The molecule has 9 rings (SSSR count). The van der Waals surface area contributed by atoms with E-state index >= 15 is 0 Å². The molecule has 8 bridgehead atoms. The zero-order chi connectivity index (χ0) is 46.7. The SMILES string of the molecule is Cc1cc2ccc1Cc1ccc(cc1C)/C=N/NC(=O)c1cc(Cl)ccc1NC(=O)c1cccc(c1)CN(C)CCCN(C)Cc1cccc(c1)C(=O)Nc1ccc(Cl)cc1C(=O)NN=C2. The highest BCUT2D eigenvalue weighted by Gasteiger charge is 2.18. The molecule has 12 nitrogen and oxygen atoms in total. The van der Waals surface area contributed by atoms with E-state index in [1.54, 1.807) is 48.8 Å². The summed E-state index contributed by atoms with van der Waals surface area (Å²) in [5.41, 5.74) is 14.8. The molecule has 3 aliphatic heterocycles. The Morgan fingerprint density at radius 2 is 0.955 bits per heavy atom. The van der Waals surface area contributed by atoms with Gasteiger partial charge in [-0.3, -0.25) is 19.2 Å². The Kier molecular flexibility index (Phi) is 15.5. The van der Waals surface area contributed by atoms with E-state index in [-0.39, 0.29) is 22.9 Å². The Morgan fingerprint density at radius 3 is 1.38 bits per heavy atom. The van der Waals surface area contributed by atoms with Gasteiger partial charge in [0.1, 0.15) is 0 Å². The third kappa shape index (κ3) is 12.6. The molecule has 0 aromatic heterocycles. The number of hydrazone groups is 2. The topological polar surface area (TPSA) is 148 Å². The van der Waals surface area contributed by atoms with Crippen LogP contribution in [0.4, 0.5) is 11.4 Å². The number of fused-ring (bicyclic) bond motifs is 2. The monoisotopic (exact) mass is 920 g/mol. The van der Waals surface area contributed by atoms with Crippen LogP contribution in [-0.4, -0.2) is 73.0 Å². The van der Waals surface area contributed by atoms with Crippen molar-refractivity contribution in [2.24, 2.45) is 10.2 Å². The van der Waals surface area contributed by atoms with Crippen LogP contribution in [0.5, 0.6) is 0 Å². The first-order valence-electron chi connectivity index (χ1n) is 21.4. The predicted octanol–water partition coefficient (Wildman–Crippen LogP) is 9.50. The first-order valence-corrected chi connectivity index (χ1v) is 22.2. The van der Waals surface area contributed by atoms with E-state index in [1.165, 1.54) is 12.1 Å². The summed E-state index contributed by atoms with van der Waals surface area (Å²) in [5.74, 6) is -1.80. The number of benzene rings is 6. The van der Waals surface area contributed by atoms with Gasteiger partial charge in [0.05, 0.1) is 34.9 Å². The molecule has 0 saturated heterocycles. The van der Waals surface area contributed by atoms with Crippen LogP contribution < -0.4 is 21.5 Å². The lowest BCUT2D eigenvalue weighted by Gasteiger charge is -2.21. The first-order chi connectivity index (χ1) is 31.8. The van der Waals surface area contributed by atoms with E-state index in [2.05, 4.69) is 41.5 Å². The van der Waals surface area contributed by atoms with Gasteiger partial charge in [-0.1, -0.05) is 83.9 Å². The van der Waals surface area contributed by atoms with Crippen molar-refractivity contribution in [3.05, 3.63) is 198 Å². The average molecular weight is 922 g/mol. The number of hydrogen-bond acceptors (Lipinski definition) is 8. The molecule has 0 saturated carbocycles. The smallest absolute Gasteiger partial charge is 0.273 e. The van der Waals surface area contributed by atoms with Crippen LogP contribution in [0.1, 0.15) is 92.4 Å². The summed E-state index contributed by atoms with van der Waals surface area (Å²) in [6.07, 6.45) is 4.68. The minimum Gasteiger partial charge on any atom is -0.321 e. The fourth-order valence-corrected chi connectivity index (χ4v) is 8.03. The minimum atomic E-state index is -0.532. The number of anilines is 2. The lowest BCUT2D eigenvalue weighted by molar-refractivity contribution is 0.0947. The van der Waals surface area contributed by atoms with E-state index in [0.717, 1.165) is 64.0 Å². The largest absolute Gasteiger partial charge is 0.321 e. The molecule has 0 spiro atoms. The number of rotatable bonds is 0. The quantitative estimate of drug-likeness (QED) is 0.119. The van der Waals surface area contributed by atoms with Gasteiger partial charge in [-0.25, -0.2) is 10.9 Å². The van der Waals surface area contributed by atoms with E-state index in [9.17, 15) is 19.2 Å². The fraction of sp³-hybridized carbons (Fsp3) is 0.192. The average Bonchev–Trinajstić information content (AvgIpc) is 3.29. The molecule has 0 radical (unpaired) electrons. The van der Waals surface area contributed by atoms with Crippen LogP contribution in [0.25, 0.3) is 0 Å². The number of amides is 4. The number of carbonyl (C=O) groups is 4. The van der Waals surface area contributed by atoms with Gasteiger partial charge in [-0.15, -0.1) is 0 Å². The molecule has 6 aromatic carbocycles. The van der Waals surface area contributed by atoms with Gasteiger partial charge >= 0.3 is 0 Å². The third-order valence-corrected chi connectivity index (χ3v) is 11.7. The maximum atomic E-state index is 13.6. The first kappa shape index (κ1) is 47.0. The maximum absolute atomic E-state index is 13.6. The second kappa shape index (κ2) is 21.8. The molecular formula is C52H50Cl2N8O4. The molecule has 3 aliphatic rings. The number of nitrogens with one attached hydrogen (secondary N) is 4. The van der Waals surface area contributed by atoms with Gasteiger partial charge in [-0.05, 0) is 159 Å². The molecule has 66 heavy (non-hydrogen) atoms.